The molecule has 0 unspecified atom stereocenters. The third-order valence-corrected chi connectivity index (χ3v) is 2.82. The normalized spacial score (nSPS) is 12.0. The number of carbonyl (C=O) groups is 2. The summed E-state index contributed by atoms with van der Waals surface area (Å²) < 4.78 is 4.60. The molecule has 21 heavy (non-hydrogen) atoms. The standard InChI is InChI=1S/C15H20N2O4/c1-4-11(2)17-14(18)10-21-16-9-12-5-7-13(8-6-12)15(19)20-3/h5-9,11H,4,10H2,1-3H3,(H,17,18)/b16-9-/t11-/m0/s1. The van der Waals surface area contributed by atoms with Crippen LogP contribution in [0.1, 0.15) is 36.2 Å². The summed E-state index contributed by atoms with van der Waals surface area (Å²) in [5, 5.41) is 6.47. The Hall–Kier alpha value is -2.37. The number of amides is 1. The number of benzene rings is 1. The SMILES string of the molecule is CC[C@H](C)NC(=O)CO/N=C\c1ccc(C(=O)OC)cc1. The van der Waals surface area contributed by atoms with Crippen LogP contribution in [0.4, 0.5) is 0 Å². The number of nitrogens with zero attached hydrogens (tertiary/aromatic N) is 1. The zero-order valence-corrected chi connectivity index (χ0v) is 12.5. The van der Waals surface area contributed by atoms with Gasteiger partial charge in [-0.1, -0.05) is 24.2 Å². The fraction of sp³-hybridized carbons (Fsp3) is 0.400. The number of hydrogen-bond acceptors (Lipinski definition) is 5. The second-order valence-electron chi connectivity index (χ2n) is 4.50. The zero-order chi connectivity index (χ0) is 15.7. The van der Waals surface area contributed by atoms with Crippen molar-refractivity contribution in [2.45, 2.75) is 26.3 Å². The molecule has 0 spiro atoms. The van der Waals surface area contributed by atoms with Crippen molar-refractivity contribution in [1.82, 2.24) is 5.32 Å². The minimum Gasteiger partial charge on any atom is -0.465 e. The minimum atomic E-state index is -0.392. The number of oxime groups is 1. The maximum atomic E-state index is 11.4. The molecule has 0 aliphatic carbocycles. The van der Waals surface area contributed by atoms with Crippen LogP contribution in [0, 0.1) is 0 Å². The van der Waals surface area contributed by atoms with Crippen molar-refractivity contribution in [2.24, 2.45) is 5.16 Å². The molecular formula is C15H20N2O4. The van der Waals surface area contributed by atoms with E-state index in [1.807, 2.05) is 13.8 Å². The highest BCUT2D eigenvalue weighted by molar-refractivity contribution is 5.90. The van der Waals surface area contributed by atoms with Crippen molar-refractivity contribution in [3.63, 3.8) is 0 Å². The summed E-state index contributed by atoms with van der Waals surface area (Å²) >= 11 is 0. The molecule has 0 saturated heterocycles. The van der Waals surface area contributed by atoms with E-state index in [2.05, 4.69) is 15.2 Å². The monoisotopic (exact) mass is 292 g/mol. The van der Waals surface area contributed by atoms with E-state index in [0.29, 0.717) is 5.56 Å². The third-order valence-electron chi connectivity index (χ3n) is 2.82. The van der Waals surface area contributed by atoms with Crippen LogP contribution in [0.5, 0.6) is 0 Å². The molecule has 0 saturated carbocycles. The first-order valence-corrected chi connectivity index (χ1v) is 6.70. The Balaban J connectivity index is 2.40. The topological polar surface area (TPSA) is 77.0 Å². The van der Waals surface area contributed by atoms with Gasteiger partial charge in [0.25, 0.3) is 5.91 Å². The summed E-state index contributed by atoms with van der Waals surface area (Å²) in [5.74, 6) is -0.598. The van der Waals surface area contributed by atoms with Gasteiger partial charge in [0.15, 0.2) is 6.61 Å². The quantitative estimate of drug-likeness (QED) is 0.472. The molecule has 6 nitrogen and oxygen atoms in total. The van der Waals surface area contributed by atoms with Crippen molar-refractivity contribution in [1.29, 1.82) is 0 Å². The van der Waals surface area contributed by atoms with E-state index < -0.39 is 5.97 Å². The van der Waals surface area contributed by atoms with Gasteiger partial charge in [0.1, 0.15) is 0 Å². The average Bonchev–Trinajstić information content (AvgIpc) is 2.51. The van der Waals surface area contributed by atoms with E-state index in [9.17, 15) is 9.59 Å². The van der Waals surface area contributed by atoms with Crippen LogP contribution in [-0.4, -0.2) is 37.8 Å². The van der Waals surface area contributed by atoms with Gasteiger partial charge in [0, 0.05) is 6.04 Å². The Labute approximate surface area is 124 Å². The van der Waals surface area contributed by atoms with E-state index in [4.69, 9.17) is 4.84 Å². The van der Waals surface area contributed by atoms with Gasteiger partial charge < -0.3 is 14.9 Å². The van der Waals surface area contributed by atoms with Crippen molar-refractivity contribution >= 4 is 18.1 Å². The van der Waals surface area contributed by atoms with Gasteiger partial charge in [-0.15, -0.1) is 0 Å². The number of nitrogens with one attached hydrogen (secondary N) is 1. The number of carbonyl (C=O) groups excluding carboxylic acids is 2. The van der Waals surface area contributed by atoms with Crippen LogP contribution in [-0.2, 0) is 14.4 Å². The van der Waals surface area contributed by atoms with Gasteiger partial charge in [-0.05, 0) is 31.0 Å². The van der Waals surface area contributed by atoms with Crippen LogP contribution in [0.2, 0.25) is 0 Å². The molecule has 1 rings (SSSR count). The van der Waals surface area contributed by atoms with E-state index in [-0.39, 0.29) is 18.6 Å². The minimum absolute atomic E-state index is 0.121. The summed E-state index contributed by atoms with van der Waals surface area (Å²) in [7, 11) is 1.33. The molecule has 1 amide bonds. The largest absolute Gasteiger partial charge is 0.465 e. The second kappa shape index (κ2) is 8.73. The van der Waals surface area contributed by atoms with E-state index in [1.54, 1.807) is 24.3 Å². The van der Waals surface area contributed by atoms with E-state index in [1.165, 1.54) is 13.3 Å². The number of methoxy groups -OCH3 is 1. The lowest BCUT2D eigenvalue weighted by atomic mass is 10.1. The maximum absolute atomic E-state index is 11.4. The smallest absolute Gasteiger partial charge is 0.337 e. The highest BCUT2D eigenvalue weighted by Gasteiger charge is 2.05. The second-order valence-corrected chi connectivity index (χ2v) is 4.50. The molecule has 0 radical (unpaired) electrons. The molecule has 0 aliphatic rings. The van der Waals surface area contributed by atoms with Crippen LogP contribution in [0.3, 0.4) is 0 Å². The molecule has 6 heteroatoms. The molecule has 1 atom stereocenters. The predicted octanol–water partition coefficient (Wildman–Crippen LogP) is 1.74. The lowest BCUT2D eigenvalue weighted by molar-refractivity contribution is -0.126. The van der Waals surface area contributed by atoms with Gasteiger partial charge >= 0.3 is 5.97 Å². The first-order valence-electron chi connectivity index (χ1n) is 6.70. The molecule has 0 bridgehead atoms. The summed E-state index contributed by atoms with van der Waals surface area (Å²) in [4.78, 5) is 27.6. The fourth-order valence-electron chi connectivity index (χ4n) is 1.44. The number of ether oxygens (including phenoxy) is 1. The Morgan fingerprint density at radius 3 is 2.57 bits per heavy atom. The van der Waals surface area contributed by atoms with Gasteiger partial charge in [-0.3, -0.25) is 4.79 Å². The summed E-state index contributed by atoms with van der Waals surface area (Å²) in [6.07, 6.45) is 2.33. The van der Waals surface area contributed by atoms with Gasteiger partial charge in [-0.2, -0.15) is 0 Å². The molecule has 0 heterocycles. The van der Waals surface area contributed by atoms with Crippen LogP contribution in [0.25, 0.3) is 0 Å². The molecule has 114 valence electrons. The lowest BCUT2D eigenvalue weighted by Gasteiger charge is -2.09. The van der Waals surface area contributed by atoms with Crippen LogP contribution in [0.15, 0.2) is 29.4 Å². The van der Waals surface area contributed by atoms with E-state index in [0.717, 1.165) is 12.0 Å². The van der Waals surface area contributed by atoms with E-state index >= 15 is 0 Å². The third kappa shape index (κ3) is 6.07. The molecule has 0 aliphatic heterocycles. The Kier molecular flexibility index (Phi) is 6.94. The maximum Gasteiger partial charge on any atom is 0.337 e. The zero-order valence-electron chi connectivity index (χ0n) is 12.5. The predicted molar refractivity (Wildman–Crippen MR) is 79.2 cm³/mol. The first kappa shape index (κ1) is 16.7. The Bertz CT molecular complexity index is 497. The lowest BCUT2D eigenvalue weighted by Crippen LogP contribution is -2.34. The summed E-state index contributed by atoms with van der Waals surface area (Å²) in [5.41, 5.74) is 1.22. The molecule has 1 N–H and O–H groups in total. The van der Waals surface area contributed by atoms with Crippen LogP contribution < -0.4 is 5.32 Å². The van der Waals surface area contributed by atoms with Gasteiger partial charge in [-0.25, -0.2) is 4.79 Å². The van der Waals surface area contributed by atoms with Crippen molar-refractivity contribution in [3.05, 3.63) is 35.4 Å². The molecular weight excluding hydrogens is 272 g/mol. The highest BCUT2D eigenvalue weighted by Crippen LogP contribution is 2.04. The summed E-state index contributed by atoms with van der Waals surface area (Å²) in [6.45, 7) is 3.78. The highest BCUT2D eigenvalue weighted by atomic mass is 16.6. The first-order chi connectivity index (χ1) is 10.1. The number of esters is 1. The average molecular weight is 292 g/mol. The van der Waals surface area contributed by atoms with Crippen molar-refractivity contribution in [2.75, 3.05) is 13.7 Å². The van der Waals surface area contributed by atoms with Crippen molar-refractivity contribution in [3.8, 4) is 0 Å². The van der Waals surface area contributed by atoms with Crippen molar-refractivity contribution < 1.29 is 19.2 Å². The fourth-order valence-corrected chi connectivity index (χ4v) is 1.44. The van der Waals surface area contributed by atoms with Gasteiger partial charge in [0.2, 0.25) is 0 Å². The molecule has 0 fully saturated rings. The molecule has 0 aromatic heterocycles. The molecule has 1 aromatic rings. The summed E-state index contributed by atoms with van der Waals surface area (Å²) in [6, 6.07) is 6.79. The molecule has 1 aromatic carbocycles. The van der Waals surface area contributed by atoms with Gasteiger partial charge in [0.05, 0.1) is 18.9 Å². The Morgan fingerprint density at radius 2 is 2.00 bits per heavy atom. The van der Waals surface area contributed by atoms with Crippen LogP contribution >= 0.6 is 0 Å². The number of hydrogen-bond donors (Lipinski definition) is 1. The Morgan fingerprint density at radius 1 is 1.33 bits per heavy atom. The number of rotatable bonds is 7.